The van der Waals surface area contributed by atoms with E-state index in [1.807, 2.05) is 0 Å². The minimum Gasteiger partial charge on any atom is -0.382 e. The van der Waals surface area contributed by atoms with Crippen LogP contribution in [0.3, 0.4) is 0 Å². The van der Waals surface area contributed by atoms with Crippen molar-refractivity contribution in [2.24, 2.45) is 0 Å². The molecule has 0 aromatic carbocycles. The second-order valence-electron chi connectivity index (χ2n) is 3.38. The Hall–Kier alpha value is -0.290. The summed E-state index contributed by atoms with van der Waals surface area (Å²) in [6, 6.07) is 0.266. The maximum Gasteiger partial charge on any atom is 0.415 e. The highest BCUT2D eigenvalue weighted by Crippen LogP contribution is 2.28. The van der Waals surface area contributed by atoms with Crippen LogP contribution in [0.2, 0.25) is 0 Å². The lowest BCUT2D eigenvalue weighted by atomic mass is 10.3. The van der Waals surface area contributed by atoms with E-state index in [1.54, 1.807) is 11.8 Å². The van der Waals surface area contributed by atoms with Gasteiger partial charge in [0.15, 0.2) is 6.10 Å². The molecule has 1 rings (SSSR count). The molecule has 0 aromatic rings. The number of rotatable bonds is 4. The number of halogens is 3. The Morgan fingerprint density at radius 1 is 1.46 bits per heavy atom. The maximum absolute atomic E-state index is 12.0. The molecule has 5 heteroatoms. The SMILES string of the molecule is CCN(CC(O)C(F)(F)F)C1CC1. The summed E-state index contributed by atoms with van der Waals surface area (Å²) >= 11 is 0. The van der Waals surface area contributed by atoms with E-state index in [1.165, 1.54) is 0 Å². The van der Waals surface area contributed by atoms with Gasteiger partial charge in [-0.05, 0) is 19.4 Å². The fourth-order valence-corrected chi connectivity index (χ4v) is 1.30. The molecule has 1 aliphatic carbocycles. The van der Waals surface area contributed by atoms with E-state index in [4.69, 9.17) is 5.11 Å². The Kier molecular flexibility index (Phi) is 3.18. The molecule has 1 unspecified atom stereocenters. The molecule has 2 nitrogen and oxygen atoms in total. The summed E-state index contributed by atoms with van der Waals surface area (Å²) in [5.41, 5.74) is 0. The molecule has 1 atom stereocenters. The molecular weight excluding hydrogens is 183 g/mol. The van der Waals surface area contributed by atoms with Crippen LogP contribution in [0, 0.1) is 0 Å². The quantitative estimate of drug-likeness (QED) is 0.736. The van der Waals surface area contributed by atoms with Gasteiger partial charge < -0.3 is 5.11 Å². The summed E-state index contributed by atoms with van der Waals surface area (Å²) in [6.07, 6.45) is -4.77. The van der Waals surface area contributed by atoms with Crippen molar-refractivity contribution in [3.05, 3.63) is 0 Å². The van der Waals surface area contributed by atoms with Crippen molar-refractivity contribution >= 4 is 0 Å². The standard InChI is InChI=1S/C8H14F3NO/c1-2-12(6-3-4-6)5-7(13)8(9,10)11/h6-7,13H,2-5H2,1H3. The minimum absolute atomic E-state index is 0.266. The van der Waals surface area contributed by atoms with E-state index in [0.717, 1.165) is 12.8 Å². The molecule has 1 saturated carbocycles. The van der Waals surface area contributed by atoms with Crippen molar-refractivity contribution in [1.29, 1.82) is 0 Å². The summed E-state index contributed by atoms with van der Waals surface area (Å²) in [7, 11) is 0. The van der Waals surface area contributed by atoms with Crippen LogP contribution in [0.4, 0.5) is 13.2 Å². The summed E-state index contributed by atoms with van der Waals surface area (Å²) in [4.78, 5) is 1.68. The molecule has 0 spiro atoms. The monoisotopic (exact) mass is 197 g/mol. The average molecular weight is 197 g/mol. The summed E-state index contributed by atoms with van der Waals surface area (Å²) in [5.74, 6) is 0. The van der Waals surface area contributed by atoms with Gasteiger partial charge in [0.25, 0.3) is 0 Å². The topological polar surface area (TPSA) is 23.5 Å². The largest absolute Gasteiger partial charge is 0.415 e. The van der Waals surface area contributed by atoms with Gasteiger partial charge in [-0.1, -0.05) is 6.92 Å². The molecule has 1 fully saturated rings. The van der Waals surface area contributed by atoms with E-state index in [9.17, 15) is 13.2 Å². The number of hydrogen-bond donors (Lipinski definition) is 1. The number of likely N-dealkylation sites (N-methyl/N-ethyl adjacent to an activating group) is 1. The highest BCUT2D eigenvalue weighted by Gasteiger charge is 2.41. The van der Waals surface area contributed by atoms with Crippen molar-refractivity contribution in [2.75, 3.05) is 13.1 Å². The van der Waals surface area contributed by atoms with Crippen LogP contribution < -0.4 is 0 Å². The summed E-state index contributed by atoms with van der Waals surface area (Å²) in [6.45, 7) is 2.09. The molecule has 0 amide bonds. The molecule has 13 heavy (non-hydrogen) atoms. The lowest BCUT2D eigenvalue weighted by molar-refractivity contribution is -0.208. The van der Waals surface area contributed by atoms with Crippen molar-refractivity contribution in [3.63, 3.8) is 0 Å². The Bertz CT molecular complexity index is 167. The third kappa shape index (κ3) is 3.15. The lowest BCUT2D eigenvalue weighted by Crippen LogP contribution is -2.41. The van der Waals surface area contributed by atoms with Crippen LogP contribution in [0.1, 0.15) is 19.8 Å². The zero-order valence-corrected chi connectivity index (χ0v) is 7.51. The van der Waals surface area contributed by atoms with Gasteiger partial charge in [0, 0.05) is 12.6 Å². The van der Waals surface area contributed by atoms with Gasteiger partial charge in [-0.15, -0.1) is 0 Å². The molecule has 0 aromatic heterocycles. The first-order chi connectivity index (χ1) is 5.95. The predicted octanol–water partition coefficient (Wildman–Crippen LogP) is 1.39. The Morgan fingerprint density at radius 3 is 2.31 bits per heavy atom. The highest BCUT2D eigenvalue weighted by atomic mass is 19.4. The van der Waals surface area contributed by atoms with Crippen LogP contribution >= 0.6 is 0 Å². The van der Waals surface area contributed by atoms with E-state index in [-0.39, 0.29) is 12.6 Å². The highest BCUT2D eigenvalue weighted by molar-refractivity contribution is 4.86. The molecule has 0 radical (unpaired) electrons. The lowest BCUT2D eigenvalue weighted by Gasteiger charge is -2.24. The number of aliphatic hydroxyl groups excluding tert-OH is 1. The van der Waals surface area contributed by atoms with Crippen LogP contribution in [-0.2, 0) is 0 Å². The van der Waals surface area contributed by atoms with Crippen LogP contribution in [0.25, 0.3) is 0 Å². The first-order valence-electron chi connectivity index (χ1n) is 4.44. The Balaban J connectivity index is 2.36. The van der Waals surface area contributed by atoms with Gasteiger partial charge in [0.2, 0.25) is 0 Å². The maximum atomic E-state index is 12.0. The fraction of sp³-hybridized carbons (Fsp3) is 1.00. The molecule has 0 bridgehead atoms. The van der Waals surface area contributed by atoms with E-state index >= 15 is 0 Å². The van der Waals surface area contributed by atoms with Gasteiger partial charge in [0.05, 0.1) is 0 Å². The normalized spacial score (nSPS) is 20.8. The number of hydrogen-bond acceptors (Lipinski definition) is 2. The van der Waals surface area contributed by atoms with Gasteiger partial charge in [-0.25, -0.2) is 0 Å². The van der Waals surface area contributed by atoms with E-state index in [0.29, 0.717) is 6.54 Å². The third-order valence-corrected chi connectivity index (χ3v) is 2.25. The smallest absolute Gasteiger partial charge is 0.382 e. The molecule has 0 saturated heterocycles. The van der Waals surface area contributed by atoms with Crippen molar-refractivity contribution < 1.29 is 18.3 Å². The van der Waals surface area contributed by atoms with Gasteiger partial charge in [-0.2, -0.15) is 13.2 Å². The Labute approximate surface area is 75.3 Å². The Morgan fingerprint density at radius 2 is 2.00 bits per heavy atom. The average Bonchev–Trinajstić information content (AvgIpc) is 2.80. The number of nitrogens with zero attached hydrogens (tertiary/aromatic N) is 1. The second-order valence-corrected chi connectivity index (χ2v) is 3.38. The van der Waals surface area contributed by atoms with Crippen molar-refractivity contribution in [3.8, 4) is 0 Å². The number of alkyl halides is 3. The molecule has 0 heterocycles. The first kappa shape index (κ1) is 10.8. The van der Waals surface area contributed by atoms with Crippen molar-refractivity contribution in [2.45, 2.75) is 38.1 Å². The second kappa shape index (κ2) is 3.84. The van der Waals surface area contributed by atoms with Gasteiger partial charge in [0.1, 0.15) is 0 Å². The summed E-state index contributed by atoms with van der Waals surface area (Å²) < 4.78 is 35.9. The number of aliphatic hydroxyl groups is 1. The molecule has 78 valence electrons. The zero-order valence-electron chi connectivity index (χ0n) is 7.51. The minimum atomic E-state index is -4.48. The molecule has 1 aliphatic rings. The van der Waals surface area contributed by atoms with E-state index < -0.39 is 12.3 Å². The van der Waals surface area contributed by atoms with Crippen molar-refractivity contribution in [1.82, 2.24) is 4.90 Å². The third-order valence-electron chi connectivity index (χ3n) is 2.25. The van der Waals surface area contributed by atoms with Crippen LogP contribution in [0.5, 0.6) is 0 Å². The summed E-state index contributed by atoms with van der Waals surface area (Å²) in [5, 5.41) is 8.80. The molecule has 0 aliphatic heterocycles. The molecular formula is C8H14F3NO. The van der Waals surface area contributed by atoms with E-state index in [2.05, 4.69) is 0 Å². The zero-order chi connectivity index (χ0) is 10.1. The fourth-order valence-electron chi connectivity index (χ4n) is 1.30. The first-order valence-corrected chi connectivity index (χ1v) is 4.44. The van der Waals surface area contributed by atoms with Crippen LogP contribution in [-0.4, -0.2) is 41.4 Å². The molecule has 1 N–H and O–H groups in total. The van der Waals surface area contributed by atoms with Gasteiger partial charge in [-0.3, -0.25) is 4.90 Å². The van der Waals surface area contributed by atoms with Gasteiger partial charge >= 0.3 is 6.18 Å². The predicted molar refractivity (Wildman–Crippen MR) is 42.3 cm³/mol. The van der Waals surface area contributed by atoms with Crippen LogP contribution in [0.15, 0.2) is 0 Å².